The van der Waals surface area contributed by atoms with Crippen LogP contribution in [0.15, 0.2) is 36.7 Å². The molecule has 6 rings (SSSR count). The van der Waals surface area contributed by atoms with E-state index in [2.05, 4.69) is 43.4 Å². The summed E-state index contributed by atoms with van der Waals surface area (Å²) in [5, 5.41) is 9.67. The highest BCUT2D eigenvalue weighted by atomic mass is 16.5. The summed E-state index contributed by atoms with van der Waals surface area (Å²) in [4.78, 5) is 21.9. The first-order chi connectivity index (χ1) is 16.6. The van der Waals surface area contributed by atoms with E-state index in [0.717, 1.165) is 55.5 Å². The lowest BCUT2D eigenvalue weighted by Gasteiger charge is -2.26. The van der Waals surface area contributed by atoms with Gasteiger partial charge >= 0.3 is 0 Å². The van der Waals surface area contributed by atoms with Gasteiger partial charge in [0.15, 0.2) is 0 Å². The van der Waals surface area contributed by atoms with E-state index < -0.39 is 0 Å². The number of benzene rings is 1. The topological polar surface area (TPSA) is 75.5 Å². The molecule has 0 spiro atoms. The number of morpholine rings is 1. The lowest BCUT2D eigenvalue weighted by atomic mass is 10.0. The van der Waals surface area contributed by atoms with Crippen LogP contribution in [-0.2, 0) is 23.1 Å². The Balaban J connectivity index is 1.20. The summed E-state index contributed by atoms with van der Waals surface area (Å²) in [7, 11) is 2.03. The maximum Gasteiger partial charge on any atom is 0.239 e. The van der Waals surface area contributed by atoms with E-state index in [1.807, 2.05) is 30.2 Å². The molecule has 0 aliphatic carbocycles. The van der Waals surface area contributed by atoms with Crippen LogP contribution in [0.2, 0.25) is 0 Å². The van der Waals surface area contributed by atoms with Gasteiger partial charge in [-0.05, 0) is 55.4 Å². The molecule has 2 aromatic heterocycles. The Morgan fingerprint density at radius 3 is 2.82 bits per heavy atom. The zero-order valence-corrected chi connectivity index (χ0v) is 19.7. The Bertz CT molecular complexity index is 1200. The molecule has 2 bridgehead atoms. The van der Waals surface area contributed by atoms with Crippen molar-refractivity contribution >= 4 is 22.5 Å². The number of hydrogen-bond acceptors (Lipinski definition) is 6. The Morgan fingerprint density at radius 1 is 1.15 bits per heavy atom. The fourth-order valence-corrected chi connectivity index (χ4v) is 5.64. The van der Waals surface area contributed by atoms with Crippen molar-refractivity contribution in [3.05, 3.63) is 42.4 Å². The summed E-state index contributed by atoms with van der Waals surface area (Å²) >= 11 is 0. The van der Waals surface area contributed by atoms with Crippen LogP contribution in [0, 0.1) is 0 Å². The van der Waals surface area contributed by atoms with Crippen molar-refractivity contribution in [2.75, 3.05) is 38.1 Å². The first-order valence-corrected chi connectivity index (χ1v) is 12.4. The lowest BCUT2D eigenvalue weighted by Crippen LogP contribution is -2.41. The molecule has 3 fully saturated rings. The average Bonchev–Trinajstić information content (AvgIpc) is 3.56. The van der Waals surface area contributed by atoms with Crippen LogP contribution < -0.4 is 5.32 Å². The van der Waals surface area contributed by atoms with E-state index in [-0.39, 0.29) is 5.91 Å². The quantitative estimate of drug-likeness (QED) is 0.610. The molecule has 34 heavy (non-hydrogen) atoms. The third kappa shape index (κ3) is 4.33. The summed E-state index contributed by atoms with van der Waals surface area (Å²) in [5.74, 6) is 0.571. The second-order valence-corrected chi connectivity index (χ2v) is 9.92. The number of hydrogen-bond donors (Lipinski definition) is 1. The number of carbonyl (C=O) groups is 1. The molecule has 8 heteroatoms. The van der Waals surface area contributed by atoms with Crippen molar-refractivity contribution in [3.63, 3.8) is 0 Å². The first-order valence-electron chi connectivity index (χ1n) is 12.4. The number of fused-ring (bicyclic) bond motifs is 3. The zero-order valence-electron chi connectivity index (χ0n) is 19.7. The van der Waals surface area contributed by atoms with E-state index in [9.17, 15) is 4.79 Å². The van der Waals surface area contributed by atoms with Crippen LogP contribution >= 0.6 is 0 Å². The molecule has 3 aromatic rings. The van der Waals surface area contributed by atoms with Gasteiger partial charge in [-0.15, -0.1) is 0 Å². The zero-order chi connectivity index (χ0) is 23.1. The molecule has 0 radical (unpaired) electrons. The first kappa shape index (κ1) is 21.7. The van der Waals surface area contributed by atoms with Gasteiger partial charge in [0.05, 0.1) is 31.1 Å². The Morgan fingerprint density at radius 2 is 2.03 bits per heavy atom. The summed E-state index contributed by atoms with van der Waals surface area (Å²) in [6.45, 7) is 5.21. The molecular weight excluding hydrogens is 428 g/mol. The average molecular weight is 461 g/mol. The number of likely N-dealkylation sites (tertiary alicyclic amines) is 2. The number of piperidine rings is 1. The van der Waals surface area contributed by atoms with E-state index in [0.29, 0.717) is 24.5 Å². The van der Waals surface area contributed by atoms with Crippen molar-refractivity contribution < 1.29 is 9.53 Å². The van der Waals surface area contributed by atoms with E-state index in [1.165, 1.54) is 30.5 Å². The summed E-state index contributed by atoms with van der Waals surface area (Å²) in [6, 6.07) is 8.77. The van der Waals surface area contributed by atoms with Gasteiger partial charge < -0.3 is 10.1 Å². The molecule has 0 saturated carbocycles. The summed E-state index contributed by atoms with van der Waals surface area (Å²) < 4.78 is 7.64. The van der Waals surface area contributed by atoms with Crippen molar-refractivity contribution in [2.24, 2.45) is 7.05 Å². The van der Waals surface area contributed by atoms with Gasteiger partial charge in [0.25, 0.3) is 0 Å². The number of nitrogens with one attached hydrogen (secondary N) is 1. The van der Waals surface area contributed by atoms with Gasteiger partial charge in [-0.1, -0.05) is 18.6 Å². The standard InChI is InChI=1S/C26H32N6O2/c1-30-24(15-31-7-3-2-4-8-31)23(13-28-30)18-5-6-19-12-27-25(10-20(19)9-18)29-26(33)16-32-14-22-11-21(32)17-34-22/h5-6,9-10,12-13,21-22H,2-4,7-8,11,14-17H2,1H3,(H,27,29,33)/t21-,22-/m1/s1. The third-order valence-corrected chi connectivity index (χ3v) is 7.54. The smallest absolute Gasteiger partial charge is 0.239 e. The van der Waals surface area contributed by atoms with Gasteiger partial charge in [0, 0.05) is 43.3 Å². The van der Waals surface area contributed by atoms with E-state index in [1.54, 1.807) is 0 Å². The minimum atomic E-state index is -0.0216. The largest absolute Gasteiger partial charge is 0.375 e. The van der Waals surface area contributed by atoms with E-state index in [4.69, 9.17) is 4.74 Å². The van der Waals surface area contributed by atoms with Crippen LogP contribution in [0.3, 0.4) is 0 Å². The molecule has 3 aliphatic heterocycles. The lowest BCUT2D eigenvalue weighted by molar-refractivity contribution is -0.118. The van der Waals surface area contributed by atoms with Gasteiger partial charge in [0.1, 0.15) is 5.82 Å². The minimum Gasteiger partial charge on any atom is -0.375 e. The number of aryl methyl sites for hydroxylation is 1. The number of carbonyl (C=O) groups excluding carboxylic acids is 1. The highest BCUT2D eigenvalue weighted by Crippen LogP contribution is 2.30. The molecule has 3 saturated heterocycles. The van der Waals surface area contributed by atoms with Crippen LogP contribution in [0.5, 0.6) is 0 Å². The van der Waals surface area contributed by atoms with Crippen LogP contribution in [0.1, 0.15) is 31.4 Å². The highest BCUT2D eigenvalue weighted by Gasteiger charge is 2.39. The molecule has 8 nitrogen and oxygen atoms in total. The maximum absolute atomic E-state index is 12.7. The highest BCUT2D eigenvalue weighted by molar-refractivity contribution is 5.95. The molecule has 0 unspecified atom stereocenters. The van der Waals surface area contributed by atoms with Gasteiger partial charge in [-0.2, -0.15) is 5.10 Å². The molecule has 1 amide bonds. The number of ether oxygens (including phenoxy) is 1. The summed E-state index contributed by atoms with van der Waals surface area (Å²) in [6.07, 6.45) is 9.02. The number of nitrogens with zero attached hydrogens (tertiary/aromatic N) is 5. The SMILES string of the molecule is Cn1ncc(-c2ccc3cnc(NC(=O)CN4C[C@H]5C[C@@H]4CO5)cc3c2)c1CN1CCCCC1. The number of anilines is 1. The number of amides is 1. The summed E-state index contributed by atoms with van der Waals surface area (Å²) in [5.41, 5.74) is 3.56. The van der Waals surface area contributed by atoms with Crippen molar-refractivity contribution in [2.45, 2.75) is 44.4 Å². The molecule has 178 valence electrons. The maximum atomic E-state index is 12.7. The molecule has 2 atom stereocenters. The second kappa shape index (κ2) is 9.09. The number of rotatable bonds is 6. The molecule has 1 aromatic carbocycles. The van der Waals surface area contributed by atoms with Gasteiger partial charge in [-0.25, -0.2) is 4.98 Å². The van der Waals surface area contributed by atoms with E-state index >= 15 is 0 Å². The molecule has 5 heterocycles. The Kier molecular flexibility index (Phi) is 5.80. The van der Waals surface area contributed by atoms with Gasteiger partial charge in [-0.3, -0.25) is 19.3 Å². The normalized spacial score (nSPS) is 23.1. The van der Waals surface area contributed by atoms with Crippen molar-refractivity contribution in [3.8, 4) is 11.1 Å². The number of aromatic nitrogens is 3. The fourth-order valence-electron chi connectivity index (χ4n) is 5.64. The Hall–Kier alpha value is -2.81. The predicted octanol–water partition coefficient (Wildman–Crippen LogP) is 3.03. The predicted molar refractivity (Wildman–Crippen MR) is 131 cm³/mol. The minimum absolute atomic E-state index is 0.0216. The molecule has 3 aliphatic rings. The Labute approximate surface area is 199 Å². The monoisotopic (exact) mass is 460 g/mol. The number of pyridine rings is 1. The van der Waals surface area contributed by atoms with Crippen LogP contribution in [0.25, 0.3) is 21.9 Å². The third-order valence-electron chi connectivity index (χ3n) is 7.54. The van der Waals surface area contributed by atoms with Gasteiger partial charge in [0.2, 0.25) is 5.91 Å². The second-order valence-electron chi connectivity index (χ2n) is 9.92. The van der Waals surface area contributed by atoms with Crippen LogP contribution in [0.4, 0.5) is 5.82 Å². The molecular formula is C26H32N6O2. The van der Waals surface area contributed by atoms with Crippen molar-refractivity contribution in [1.82, 2.24) is 24.6 Å². The fraction of sp³-hybridized carbons (Fsp3) is 0.500. The molecule has 1 N–H and O–H groups in total. The van der Waals surface area contributed by atoms with Crippen LogP contribution in [-0.4, -0.2) is 75.4 Å². The van der Waals surface area contributed by atoms with Crippen molar-refractivity contribution in [1.29, 1.82) is 0 Å².